The van der Waals surface area contributed by atoms with Crippen molar-refractivity contribution >= 4 is 8.41 Å². The van der Waals surface area contributed by atoms with E-state index in [0.717, 1.165) is 11.8 Å². The Kier molecular flexibility index (Phi) is 17.1. The molecule has 0 aliphatic rings. The van der Waals surface area contributed by atoms with Gasteiger partial charge in [-0.15, -0.1) is 0 Å². The molecule has 0 amide bonds. The molecular weight excluding hydrogens is 251 g/mol. The fraction of sp³-hybridized carbons (Fsp3) is 0.700. The summed E-state index contributed by atoms with van der Waals surface area (Å²) in [5.41, 5.74) is 2.89. The summed E-state index contributed by atoms with van der Waals surface area (Å²) in [7, 11) is 0. The lowest BCUT2D eigenvalue weighted by molar-refractivity contribution is 0.736. The average molecular weight is 289 g/mol. The molecule has 1 aromatic carbocycles. The number of rotatable bonds is 2. The van der Waals surface area contributed by atoms with E-state index >= 15 is 0 Å². The van der Waals surface area contributed by atoms with Gasteiger partial charge in [-0.3, -0.25) is 0 Å². The van der Waals surface area contributed by atoms with Gasteiger partial charge in [0.05, 0.1) is 0 Å². The quantitative estimate of drug-likeness (QED) is 0.521. The SMILES string of the molecule is CC(C)C.CC(C)C.CC(C)c1cccc(C(C)C)c1.[B]. The summed E-state index contributed by atoms with van der Waals surface area (Å²) >= 11 is 0. The van der Waals surface area contributed by atoms with Gasteiger partial charge >= 0.3 is 0 Å². The van der Waals surface area contributed by atoms with Crippen molar-refractivity contribution in [3.8, 4) is 0 Å². The third-order valence-electron chi connectivity index (χ3n) is 2.24. The van der Waals surface area contributed by atoms with Gasteiger partial charge in [-0.25, -0.2) is 0 Å². The first-order chi connectivity index (χ1) is 9.07. The lowest BCUT2D eigenvalue weighted by atomic mass is 9.96. The van der Waals surface area contributed by atoms with Gasteiger partial charge in [0.15, 0.2) is 0 Å². The Morgan fingerprint density at radius 3 is 1.00 bits per heavy atom. The van der Waals surface area contributed by atoms with Crippen LogP contribution < -0.4 is 0 Å². The van der Waals surface area contributed by atoms with Gasteiger partial charge in [0.25, 0.3) is 0 Å². The van der Waals surface area contributed by atoms with Gasteiger partial charge in [0, 0.05) is 8.41 Å². The van der Waals surface area contributed by atoms with Crippen LogP contribution >= 0.6 is 0 Å². The molecule has 0 spiro atoms. The van der Waals surface area contributed by atoms with E-state index in [4.69, 9.17) is 0 Å². The maximum Gasteiger partial charge on any atom is 0 e. The first-order valence-electron chi connectivity index (χ1n) is 8.17. The summed E-state index contributed by atoms with van der Waals surface area (Å²) in [6.07, 6.45) is 0. The molecule has 0 aliphatic heterocycles. The Morgan fingerprint density at radius 2 is 0.810 bits per heavy atom. The molecule has 1 heteroatoms. The third-order valence-corrected chi connectivity index (χ3v) is 2.24. The second kappa shape index (κ2) is 14.2. The van der Waals surface area contributed by atoms with Crippen LogP contribution in [0.3, 0.4) is 0 Å². The van der Waals surface area contributed by atoms with Crippen molar-refractivity contribution < 1.29 is 0 Å². The van der Waals surface area contributed by atoms with Crippen molar-refractivity contribution in [2.24, 2.45) is 11.8 Å². The summed E-state index contributed by atoms with van der Waals surface area (Å²) in [6, 6.07) is 8.88. The van der Waals surface area contributed by atoms with Crippen LogP contribution in [-0.2, 0) is 0 Å². The molecular formula is C20H38B. The highest BCUT2D eigenvalue weighted by Crippen LogP contribution is 2.20. The summed E-state index contributed by atoms with van der Waals surface area (Å²) in [6.45, 7) is 21.9. The zero-order chi connectivity index (χ0) is 16.3. The molecule has 0 aliphatic carbocycles. The van der Waals surface area contributed by atoms with E-state index in [1.807, 2.05) is 0 Å². The van der Waals surface area contributed by atoms with Crippen molar-refractivity contribution in [3.05, 3.63) is 35.4 Å². The standard InChI is InChI=1S/C12H18.2C4H10.B/c1-9(2)11-6-5-7-12(8-11)10(3)4;2*1-4(2)3;/h5-10H,1-4H3;2*4H,1-3H3;. The van der Waals surface area contributed by atoms with E-state index in [1.165, 1.54) is 11.1 Å². The van der Waals surface area contributed by atoms with Gasteiger partial charge in [-0.1, -0.05) is 93.5 Å². The molecule has 0 bridgehead atoms. The van der Waals surface area contributed by atoms with E-state index < -0.39 is 0 Å². The van der Waals surface area contributed by atoms with Crippen molar-refractivity contribution in [2.45, 2.75) is 81.1 Å². The molecule has 0 saturated heterocycles. The Balaban J connectivity index is -0.000000304. The summed E-state index contributed by atoms with van der Waals surface area (Å²) in [4.78, 5) is 0. The predicted molar refractivity (Wildman–Crippen MR) is 101 cm³/mol. The van der Waals surface area contributed by atoms with Crippen molar-refractivity contribution in [2.75, 3.05) is 0 Å². The largest absolute Gasteiger partial charge is 0.0630 e. The minimum Gasteiger partial charge on any atom is -0.0630 e. The number of benzene rings is 1. The maximum absolute atomic E-state index is 2.31. The van der Waals surface area contributed by atoms with Crippen LogP contribution in [0, 0.1) is 11.8 Å². The van der Waals surface area contributed by atoms with E-state index in [9.17, 15) is 0 Å². The van der Waals surface area contributed by atoms with Crippen LogP contribution in [-0.4, -0.2) is 8.41 Å². The monoisotopic (exact) mass is 289 g/mol. The molecule has 121 valence electrons. The molecule has 3 radical (unpaired) electrons. The molecule has 0 saturated carbocycles. The molecule has 0 unspecified atom stereocenters. The van der Waals surface area contributed by atoms with Crippen molar-refractivity contribution in [1.29, 1.82) is 0 Å². The molecule has 1 rings (SSSR count). The van der Waals surface area contributed by atoms with Crippen LogP contribution in [0.5, 0.6) is 0 Å². The topological polar surface area (TPSA) is 0 Å². The first kappa shape index (κ1) is 25.3. The summed E-state index contributed by atoms with van der Waals surface area (Å²) in [5, 5.41) is 0. The van der Waals surface area contributed by atoms with Crippen LogP contribution in [0.15, 0.2) is 24.3 Å². The fourth-order valence-corrected chi connectivity index (χ4v) is 1.28. The van der Waals surface area contributed by atoms with Crippen molar-refractivity contribution in [1.82, 2.24) is 0 Å². The normalized spacial score (nSPS) is 9.81. The van der Waals surface area contributed by atoms with E-state index in [0.29, 0.717) is 11.8 Å². The van der Waals surface area contributed by atoms with Gasteiger partial charge in [0.1, 0.15) is 0 Å². The molecule has 1 aromatic rings. The van der Waals surface area contributed by atoms with Crippen molar-refractivity contribution in [3.63, 3.8) is 0 Å². The minimum absolute atomic E-state index is 0. The van der Waals surface area contributed by atoms with Gasteiger partial charge < -0.3 is 0 Å². The average Bonchev–Trinajstić information content (AvgIpc) is 2.27. The van der Waals surface area contributed by atoms with E-state index in [1.54, 1.807) is 0 Å². The van der Waals surface area contributed by atoms with Crippen LogP contribution in [0.25, 0.3) is 0 Å². The Morgan fingerprint density at radius 1 is 0.571 bits per heavy atom. The minimum atomic E-state index is 0. The molecule has 0 fully saturated rings. The second-order valence-electron chi connectivity index (χ2n) is 7.44. The molecule has 0 heterocycles. The highest BCUT2D eigenvalue weighted by atomic mass is 14.1. The molecule has 0 aromatic heterocycles. The van der Waals surface area contributed by atoms with Crippen LogP contribution in [0.2, 0.25) is 0 Å². The fourth-order valence-electron chi connectivity index (χ4n) is 1.28. The summed E-state index contributed by atoms with van der Waals surface area (Å²) in [5.74, 6) is 2.95. The van der Waals surface area contributed by atoms with E-state index in [2.05, 4.69) is 93.5 Å². The predicted octanol–water partition coefficient (Wildman–Crippen LogP) is 6.88. The third kappa shape index (κ3) is 19.3. The van der Waals surface area contributed by atoms with E-state index in [-0.39, 0.29) is 8.41 Å². The number of hydrogen-bond acceptors (Lipinski definition) is 0. The highest BCUT2D eigenvalue weighted by Gasteiger charge is 2.02. The van der Waals surface area contributed by atoms with Gasteiger partial charge in [0.2, 0.25) is 0 Å². The smallest absolute Gasteiger partial charge is 0 e. The number of hydrogen-bond donors (Lipinski definition) is 0. The van der Waals surface area contributed by atoms with Gasteiger partial charge in [-0.05, 0) is 34.8 Å². The Hall–Kier alpha value is -0.715. The zero-order valence-corrected chi connectivity index (χ0v) is 16.2. The van der Waals surface area contributed by atoms with Crippen LogP contribution in [0.1, 0.15) is 92.2 Å². The van der Waals surface area contributed by atoms with Gasteiger partial charge in [-0.2, -0.15) is 0 Å². The molecule has 0 N–H and O–H groups in total. The molecule has 0 atom stereocenters. The molecule has 21 heavy (non-hydrogen) atoms. The Labute approximate surface area is 137 Å². The lowest BCUT2D eigenvalue weighted by Crippen LogP contribution is -1.91. The lowest BCUT2D eigenvalue weighted by Gasteiger charge is -2.09. The molecule has 0 nitrogen and oxygen atoms in total. The Bertz CT molecular complexity index is 290. The second-order valence-corrected chi connectivity index (χ2v) is 7.44. The van der Waals surface area contributed by atoms with Crippen LogP contribution in [0.4, 0.5) is 0 Å². The first-order valence-corrected chi connectivity index (χ1v) is 8.17. The summed E-state index contributed by atoms with van der Waals surface area (Å²) < 4.78 is 0. The highest BCUT2D eigenvalue weighted by molar-refractivity contribution is 5.75. The maximum atomic E-state index is 2.31. The zero-order valence-electron chi connectivity index (χ0n) is 16.2.